The molecule has 1 aliphatic rings. The summed E-state index contributed by atoms with van der Waals surface area (Å²) in [6.45, 7) is 7.71. The van der Waals surface area contributed by atoms with Crippen LogP contribution in [0, 0.1) is 11.3 Å². The minimum atomic E-state index is -0.0734. The highest BCUT2D eigenvalue weighted by atomic mass is 16.3. The summed E-state index contributed by atoms with van der Waals surface area (Å²) in [6, 6.07) is 12.8. The lowest BCUT2D eigenvalue weighted by Gasteiger charge is -2.40. The summed E-state index contributed by atoms with van der Waals surface area (Å²) in [5, 5.41) is 20.5. The molecule has 32 heavy (non-hydrogen) atoms. The van der Waals surface area contributed by atoms with Gasteiger partial charge in [0.25, 0.3) is 5.91 Å². The van der Waals surface area contributed by atoms with Crippen LogP contribution in [-0.4, -0.2) is 46.6 Å². The number of phenolic OH excluding ortho intramolecular Hbond substituents is 1. The van der Waals surface area contributed by atoms with Crippen LogP contribution in [0.1, 0.15) is 48.3 Å². The van der Waals surface area contributed by atoms with Crippen LogP contribution in [0.15, 0.2) is 53.3 Å². The van der Waals surface area contributed by atoms with Crippen LogP contribution in [-0.2, 0) is 0 Å². The molecule has 1 amide bonds. The summed E-state index contributed by atoms with van der Waals surface area (Å²) in [6.07, 6.45) is 2.96. The van der Waals surface area contributed by atoms with E-state index in [1.54, 1.807) is 18.2 Å². The lowest BCUT2D eigenvalue weighted by atomic mass is 9.96. The SMILES string of the molecule is CC(C)c1cc(-c2ccccc2O)c(C#N)c(N2CCN(C(=O)c3ccoc3)C(C)C2)n1. The van der Waals surface area contributed by atoms with Crippen molar-refractivity contribution in [3.63, 3.8) is 0 Å². The predicted octanol–water partition coefficient (Wildman–Crippen LogP) is 4.39. The number of phenols is 1. The number of hydrogen-bond acceptors (Lipinski definition) is 6. The number of anilines is 1. The molecule has 164 valence electrons. The molecular weight excluding hydrogens is 404 g/mol. The fourth-order valence-corrected chi connectivity index (χ4v) is 4.10. The first-order chi connectivity index (χ1) is 15.4. The number of carbonyl (C=O) groups excluding carboxylic acids is 1. The number of pyridine rings is 1. The Morgan fingerprint density at radius 3 is 2.66 bits per heavy atom. The second-order valence-corrected chi connectivity index (χ2v) is 8.38. The molecule has 1 aromatic carbocycles. The summed E-state index contributed by atoms with van der Waals surface area (Å²) >= 11 is 0. The van der Waals surface area contributed by atoms with Gasteiger partial charge in [0.1, 0.15) is 29.5 Å². The molecule has 0 radical (unpaired) electrons. The van der Waals surface area contributed by atoms with Crippen LogP contribution in [0.25, 0.3) is 11.1 Å². The van der Waals surface area contributed by atoms with Crippen molar-refractivity contribution in [2.75, 3.05) is 24.5 Å². The fourth-order valence-electron chi connectivity index (χ4n) is 4.10. The fraction of sp³-hybridized carbons (Fsp3) is 0.320. The number of aromatic hydroxyl groups is 1. The molecule has 1 atom stereocenters. The maximum atomic E-state index is 12.8. The Labute approximate surface area is 187 Å². The molecule has 2 aromatic heterocycles. The average molecular weight is 431 g/mol. The zero-order valence-electron chi connectivity index (χ0n) is 18.4. The first-order valence-electron chi connectivity index (χ1n) is 10.7. The summed E-state index contributed by atoms with van der Waals surface area (Å²) in [5.41, 5.74) is 3.09. The molecule has 7 heteroatoms. The minimum absolute atomic E-state index is 0.0646. The van der Waals surface area contributed by atoms with Crippen LogP contribution >= 0.6 is 0 Å². The maximum absolute atomic E-state index is 12.8. The Morgan fingerprint density at radius 2 is 2.03 bits per heavy atom. The number of para-hydroxylation sites is 1. The second-order valence-electron chi connectivity index (χ2n) is 8.38. The third-order valence-electron chi connectivity index (χ3n) is 5.87. The van der Waals surface area contributed by atoms with Crippen molar-refractivity contribution in [2.45, 2.75) is 32.7 Å². The predicted molar refractivity (Wildman–Crippen MR) is 122 cm³/mol. The van der Waals surface area contributed by atoms with Gasteiger partial charge in [0, 0.05) is 42.5 Å². The first kappa shape index (κ1) is 21.4. The highest BCUT2D eigenvalue weighted by Crippen LogP contribution is 2.37. The van der Waals surface area contributed by atoms with Crippen molar-refractivity contribution < 1.29 is 14.3 Å². The molecule has 1 aliphatic heterocycles. The van der Waals surface area contributed by atoms with Crippen molar-refractivity contribution in [1.29, 1.82) is 5.26 Å². The normalized spacial score (nSPS) is 16.3. The quantitative estimate of drug-likeness (QED) is 0.660. The van der Waals surface area contributed by atoms with E-state index in [9.17, 15) is 15.2 Å². The Bertz CT molecular complexity index is 1160. The number of nitriles is 1. The van der Waals surface area contributed by atoms with Gasteiger partial charge in [-0.2, -0.15) is 5.26 Å². The van der Waals surface area contributed by atoms with Crippen molar-refractivity contribution in [3.8, 4) is 22.9 Å². The van der Waals surface area contributed by atoms with Crippen LogP contribution in [0.2, 0.25) is 0 Å². The Kier molecular flexibility index (Phi) is 5.87. The monoisotopic (exact) mass is 430 g/mol. The van der Waals surface area contributed by atoms with Gasteiger partial charge in [-0.05, 0) is 31.0 Å². The topological polar surface area (TPSA) is 93.6 Å². The molecule has 4 rings (SSSR count). The Hall–Kier alpha value is -3.79. The van der Waals surface area contributed by atoms with E-state index in [4.69, 9.17) is 9.40 Å². The van der Waals surface area contributed by atoms with Gasteiger partial charge < -0.3 is 19.3 Å². The Balaban J connectivity index is 1.72. The number of piperazine rings is 1. The van der Waals surface area contributed by atoms with Gasteiger partial charge in [0.15, 0.2) is 0 Å². The number of nitrogens with zero attached hydrogens (tertiary/aromatic N) is 4. The molecule has 0 saturated carbocycles. The molecule has 0 bridgehead atoms. The number of amides is 1. The molecular formula is C25H26N4O3. The third kappa shape index (κ3) is 3.92. The van der Waals surface area contributed by atoms with Gasteiger partial charge in [-0.1, -0.05) is 32.0 Å². The molecule has 1 unspecified atom stereocenters. The average Bonchev–Trinajstić information content (AvgIpc) is 3.33. The summed E-state index contributed by atoms with van der Waals surface area (Å²) in [5.74, 6) is 0.802. The highest BCUT2D eigenvalue weighted by molar-refractivity contribution is 5.94. The molecule has 1 saturated heterocycles. The van der Waals surface area contributed by atoms with Crippen molar-refractivity contribution in [2.24, 2.45) is 0 Å². The van der Waals surface area contributed by atoms with E-state index < -0.39 is 0 Å². The number of aromatic nitrogens is 1. The van der Waals surface area contributed by atoms with Gasteiger partial charge in [-0.25, -0.2) is 4.98 Å². The van der Waals surface area contributed by atoms with E-state index in [2.05, 4.69) is 24.8 Å². The summed E-state index contributed by atoms with van der Waals surface area (Å²) in [4.78, 5) is 21.5. The van der Waals surface area contributed by atoms with Gasteiger partial charge in [-0.3, -0.25) is 4.79 Å². The van der Waals surface area contributed by atoms with Crippen LogP contribution in [0.3, 0.4) is 0 Å². The van der Waals surface area contributed by atoms with Gasteiger partial charge >= 0.3 is 0 Å². The molecule has 3 aromatic rings. The first-order valence-corrected chi connectivity index (χ1v) is 10.7. The van der Waals surface area contributed by atoms with Gasteiger partial charge in [0.05, 0.1) is 11.8 Å². The van der Waals surface area contributed by atoms with E-state index in [-0.39, 0.29) is 23.6 Å². The van der Waals surface area contributed by atoms with Gasteiger partial charge in [-0.15, -0.1) is 0 Å². The lowest BCUT2D eigenvalue weighted by molar-refractivity contribution is 0.0673. The zero-order valence-corrected chi connectivity index (χ0v) is 18.4. The largest absolute Gasteiger partial charge is 0.507 e. The van der Waals surface area contributed by atoms with Crippen LogP contribution < -0.4 is 4.90 Å². The molecule has 0 spiro atoms. The summed E-state index contributed by atoms with van der Waals surface area (Å²) in [7, 11) is 0. The minimum Gasteiger partial charge on any atom is -0.507 e. The molecule has 3 heterocycles. The van der Waals surface area contributed by atoms with E-state index >= 15 is 0 Å². The molecule has 0 aliphatic carbocycles. The maximum Gasteiger partial charge on any atom is 0.257 e. The lowest BCUT2D eigenvalue weighted by Crippen LogP contribution is -2.54. The highest BCUT2D eigenvalue weighted by Gasteiger charge is 2.31. The number of hydrogen-bond donors (Lipinski definition) is 1. The molecule has 7 nitrogen and oxygen atoms in total. The van der Waals surface area contributed by atoms with Crippen molar-refractivity contribution in [1.82, 2.24) is 9.88 Å². The number of furan rings is 1. The standard InChI is InChI=1S/C25H26N4O3/c1-16(2)22-12-20(19-6-4-5-7-23(19)30)21(13-26)24(27-22)28-9-10-29(17(3)14-28)25(31)18-8-11-32-15-18/h4-8,11-12,15-17,30H,9-10,14H2,1-3H3. The zero-order chi connectivity index (χ0) is 22.8. The number of benzene rings is 1. The number of carbonyl (C=O) groups is 1. The van der Waals surface area contributed by atoms with Crippen LogP contribution in [0.4, 0.5) is 5.82 Å². The van der Waals surface area contributed by atoms with E-state index in [0.717, 1.165) is 5.69 Å². The van der Waals surface area contributed by atoms with Crippen molar-refractivity contribution >= 4 is 11.7 Å². The van der Waals surface area contributed by atoms with E-state index in [0.29, 0.717) is 47.7 Å². The van der Waals surface area contributed by atoms with Crippen molar-refractivity contribution in [3.05, 3.63) is 65.7 Å². The second kappa shape index (κ2) is 8.75. The smallest absolute Gasteiger partial charge is 0.257 e. The van der Waals surface area contributed by atoms with Gasteiger partial charge in [0.2, 0.25) is 0 Å². The summed E-state index contributed by atoms with van der Waals surface area (Å²) < 4.78 is 5.06. The number of rotatable bonds is 4. The van der Waals surface area contributed by atoms with E-state index in [1.165, 1.54) is 12.5 Å². The molecule has 1 fully saturated rings. The van der Waals surface area contributed by atoms with Crippen LogP contribution in [0.5, 0.6) is 5.75 Å². The Morgan fingerprint density at radius 1 is 1.25 bits per heavy atom. The third-order valence-corrected chi connectivity index (χ3v) is 5.87. The van der Waals surface area contributed by atoms with E-state index in [1.807, 2.05) is 30.0 Å². The molecule has 1 N–H and O–H groups in total.